The van der Waals surface area contributed by atoms with E-state index >= 15 is 0 Å². The first-order chi connectivity index (χ1) is 12.2. The van der Waals surface area contributed by atoms with E-state index in [-0.39, 0.29) is 28.8 Å². The fourth-order valence-electron chi connectivity index (χ4n) is 2.00. The van der Waals surface area contributed by atoms with E-state index in [0.29, 0.717) is 6.07 Å². The number of carbonyl (C=O) groups excluding carboxylic acids is 1. The molecule has 26 heavy (non-hydrogen) atoms. The van der Waals surface area contributed by atoms with E-state index in [1.165, 1.54) is 20.3 Å². The van der Waals surface area contributed by atoms with Crippen LogP contribution in [0.2, 0.25) is 0 Å². The van der Waals surface area contributed by atoms with Crippen molar-refractivity contribution in [3.8, 4) is 11.8 Å². The van der Waals surface area contributed by atoms with Crippen molar-refractivity contribution in [1.29, 1.82) is 0 Å². The van der Waals surface area contributed by atoms with Gasteiger partial charge in [-0.05, 0) is 12.1 Å². The van der Waals surface area contributed by atoms with Gasteiger partial charge in [0.25, 0.3) is 0 Å². The van der Waals surface area contributed by atoms with E-state index in [2.05, 4.69) is 32.3 Å². The molecular weight excluding hydrogens is 375 g/mol. The molecule has 0 aliphatic heterocycles. The molecule has 11 heteroatoms. The van der Waals surface area contributed by atoms with Crippen LogP contribution in [-0.4, -0.2) is 42.3 Å². The Kier molecular flexibility index (Phi) is 5.90. The lowest BCUT2D eigenvalue weighted by molar-refractivity contribution is -0.141. The van der Waals surface area contributed by atoms with Crippen molar-refractivity contribution in [3.63, 3.8) is 0 Å². The lowest BCUT2D eigenvalue weighted by atomic mass is 10.1. The molecule has 0 N–H and O–H groups in total. The van der Waals surface area contributed by atoms with E-state index in [1.54, 1.807) is 0 Å². The summed E-state index contributed by atoms with van der Waals surface area (Å²) in [5.74, 6) is -0.702. The van der Waals surface area contributed by atoms with Gasteiger partial charge in [-0.2, -0.15) is 35.8 Å². The second kappa shape index (κ2) is 7.77. The van der Waals surface area contributed by atoms with E-state index in [0.717, 1.165) is 13.2 Å². The number of alkyl halides is 3. The van der Waals surface area contributed by atoms with Crippen molar-refractivity contribution in [2.45, 2.75) is 11.4 Å². The third-order valence-electron chi connectivity index (χ3n) is 3.24. The first kappa shape index (κ1) is 19.8. The summed E-state index contributed by atoms with van der Waals surface area (Å²) in [6.07, 6.45) is -4.70. The fraction of sp³-hybridized carbons (Fsp3) is 0.333. The number of halogens is 3. The molecule has 0 fully saturated rings. The zero-order valence-electron chi connectivity index (χ0n) is 13.9. The lowest BCUT2D eigenvalue weighted by Gasteiger charge is -2.16. The fourth-order valence-corrected chi connectivity index (χ4v) is 2.31. The number of methoxy groups -OCH3 is 3. The van der Waals surface area contributed by atoms with Gasteiger partial charge in [0.05, 0.1) is 38.7 Å². The number of aromatic nitrogens is 3. The minimum absolute atomic E-state index is 0.0542. The molecule has 7 nitrogen and oxygen atoms in total. The number of ether oxygens (including phenoxy) is 3. The van der Waals surface area contributed by atoms with Crippen molar-refractivity contribution in [2.75, 3.05) is 21.3 Å². The van der Waals surface area contributed by atoms with E-state index in [4.69, 9.17) is 9.47 Å². The predicted molar refractivity (Wildman–Crippen MR) is 86.5 cm³/mol. The average Bonchev–Trinajstić information content (AvgIpc) is 2.64. The SMILES string of the molecule is COC(=O)c1ccc(C(F)(F)F)nc1C(S)c1nc(OC)cc(OC)n1. The summed E-state index contributed by atoms with van der Waals surface area (Å²) in [5.41, 5.74) is -1.68. The van der Waals surface area contributed by atoms with Gasteiger partial charge in [0.1, 0.15) is 10.9 Å². The molecule has 0 aliphatic carbocycles. The first-order valence-corrected chi connectivity index (χ1v) is 7.54. The number of pyridine rings is 1. The summed E-state index contributed by atoms with van der Waals surface area (Å²) < 4.78 is 53.6. The van der Waals surface area contributed by atoms with Crippen LogP contribution in [0.25, 0.3) is 0 Å². The Morgan fingerprint density at radius 3 is 2.12 bits per heavy atom. The lowest BCUT2D eigenvalue weighted by Crippen LogP contribution is -2.16. The Balaban J connectivity index is 2.62. The van der Waals surface area contributed by atoms with Gasteiger partial charge in [-0.25, -0.2) is 9.78 Å². The molecule has 0 saturated heterocycles. The predicted octanol–water partition coefficient (Wildman–Crippen LogP) is 2.71. The van der Waals surface area contributed by atoms with Crippen molar-refractivity contribution in [3.05, 3.63) is 41.0 Å². The largest absolute Gasteiger partial charge is 0.481 e. The highest BCUT2D eigenvalue weighted by Gasteiger charge is 2.35. The van der Waals surface area contributed by atoms with Crippen LogP contribution in [0, 0.1) is 0 Å². The number of hydrogen-bond donors (Lipinski definition) is 1. The highest BCUT2D eigenvalue weighted by Crippen LogP contribution is 2.34. The second-order valence-corrected chi connectivity index (χ2v) is 5.35. The molecule has 2 aromatic heterocycles. The molecule has 0 bridgehead atoms. The van der Waals surface area contributed by atoms with Crippen molar-refractivity contribution >= 4 is 18.6 Å². The summed E-state index contributed by atoms with van der Waals surface area (Å²) in [6, 6.07) is 3.03. The molecule has 2 aromatic rings. The summed E-state index contributed by atoms with van der Waals surface area (Å²) >= 11 is 4.25. The maximum absolute atomic E-state index is 13.0. The summed E-state index contributed by atoms with van der Waals surface area (Å²) in [6.45, 7) is 0. The quantitative estimate of drug-likeness (QED) is 0.622. The van der Waals surface area contributed by atoms with E-state index in [1.807, 2.05) is 0 Å². The Bertz CT molecular complexity index is 795. The second-order valence-electron chi connectivity index (χ2n) is 4.83. The zero-order valence-corrected chi connectivity index (χ0v) is 14.8. The first-order valence-electron chi connectivity index (χ1n) is 7.02. The molecule has 0 aliphatic rings. The minimum Gasteiger partial charge on any atom is -0.481 e. The molecule has 0 aromatic carbocycles. The topological polar surface area (TPSA) is 83.4 Å². The summed E-state index contributed by atoms with van der Waals surface area (Å²) in [5, 5.41) is -1.17. The van der Waals surface area contributed by atoms with Gasteiger partial charge in [-0.1, -0.05) is 0 Å². The number of thiol groups is 1. The molecule has 0 radical (unpaired) electrons. The molecule has 1 atom stereocenters. The van der Waals surface area contributed by atoms with Crippen LogP contribution in [0.5, 0.6) is 11.8 Å². The van der Waals surface area contributed by atoms with Crippen molar-refractivity contribution in [1.82, 2.24) is 15.0 Å². The Labute approximate surface area is 151 Å². The maximum atomic E-state index is 13.0. The Morgan fingerprint density at radius 1 is 1.08 bits per heavy atom. The number of rotatable bonds is 5. The monoisotopic (exact) mass is 389 g/mol. The number of nitrogens with zero attached hydrogens (tertiary/aromatic N) is 3. The van der Waals surface area contributed by atoms with Crippen LogP contribution in [0.15, 0.2) is 18.2 Å². The molecule has 1 unspecified atom stereocenters. The van der Waals surface area contributed by atoms with Gasteiger partial charge in [0.2, 0.25) is 11.8 Å². The third kappa shape index (κ3) is 4.15. The standard InChI is InChI=1S/C15H14F3N3O4S/c1-23-9-6-10(24-2)21-13(20-9)12(26)11-7(14(22)25-3)4-5-8(19-11)15(16,17)18/h4-6,12,26H,1-3H3. The molecular formula is C15H14F3N3O4S. The van der Waals surface area contributed by atoms with Crippen molar-refractivity contribution < 1.29 is 32.2 Å². The maximum Gasteiger partial charge on any atom is 0.433 e. The van der Waals surface area contributed by atoms with Gasteiger partial charge in [-0.15, -0.1) is 0 Å². The van der Waals surface area contributed by atoms with Gasteiger partial charge >= 0.3 is 12.1 Å². The third-order valence-corrected chi connectivity index (χ3v) is 3.71. The van der Waals surface area contributed by atoms with Crippen LogP contribution in [0.4, 0.5) is 13.2 Å². The van der Waals surface area contributed by atoms with E-state index < -0.39 is 23.1 Å². The van der Waals surface area contributed by atoms with Crippen LogP contribution >= 0.6 is 12.6 Å². The molecule has 0 amide bonds. The average molecular weight is 389 g/mol. The highest BCUT2D eigenvalue weighted by molar-refractivity contribution is 7.80. The van der Waals surface area contributed by atoms with Crippen LogP contribution in [-0.2, 0) is 10.9 Å². The minimum atomic E-state index is -4.70. The Morgan fingerprint density at radius 2 is 1.65 bits per heavy atom. The normalized spacial score (nSPS) is 12.4. The number of carbonyl (C=O) groups is 1. The highest BCUT2D eigenvalue weighted by atomic mass is 32.1. The van der Waals surface area contributed by atoms with Gasteiger partial charge in [0.15, 0.2) is 5.82 Å². The summed E-state index contributed by atoms with van der Waals surface area (Å²) in [7, 11) is 3.80. The van der Waals surface area contributed by atoms with Crippen LogP contribution < -0.4 is 9.47 Å². The van der Waals surface area contributed by atoms with Crippen LogP contribution in [0.3, 0.4) is 0 Å². The number of hydrogen-bond acceptors (Lipinski definition) is 8. The molecule has 140 valence electrons. The van der Waals surface area contributed by atoms with Gasteiger partial charge in [0, 0.05) is 0 Å². The van der Waals surface area contributed by atoms with E-state index in [9.17, 15) is 18.0 Å². The van der Waals surface area contributed by atoms with Gasteiger partial charge < -0.3 is 14.2 Å². The number of esters is 1. The zero-order chi connectivity index (χ0) is 19.5. The molecule has 2 rings (SSSR count). The molecule has 0 spiro atoms. The smallest absolute Gasteiger partial charge is 0.433 e. The molecule has 0 saturated carbocycles. The van der Waals surface area contributed by atoms with Crippen LogP contribution in [0.1, 0.15) is 32.8 Å². The summed E-state index contributed by atoms with van der Waals surface area (Å²) in [4.78, 5) is 23.5. The van der Waals surface area contributed by atoms with Crippen molar-refractivity contribution in [2.24, 2.45) is 0 Å². The Hall–Kier alpha value is -2.56. The molecule has 2 heterocycles. The van der Waals surface area contributed by atoms with Gasteiger partial charge in [-0.3, -0.25) is 0 Å².